The van der Waals surface area contributed by atoms with E-state index < -0.39 is 17.8 Å². The summed E-state index contributed by atoms with van der Waals surface area (Å²) < 4.78 is 12.4. The number of nitrogens with zero attached hydrogens (tertiary/aromatic N) is 1. The van der Waals surface area contributed by atoms with Gasteiger partial charge in [-0.05, 0) is 77.7 Å². The highest BCUT2D eigenvalue weighted by Crippen LogP contribution is 2.38. The lowest BCUT2D eigenvalue weighted by molar-refractivity contribution is -0.122. The van der Waals surface area contributed by atoms with Crippen molar-refractivity contribution >= 4 is 57.1 Å². The maximum Gasteiger partial charge on any atom is 0.335 e. The Hall–Kier alpha value is -2.84. The van der Waals surface area contributed by atoms with E-state index >= 15 is 0 Å². The predicted molar refractivity (Wildman–Crippen MR) is 140 cm³/mol. The quantitative estimate of drug-likeness (QED) is 0.204. The summed E-state index contributed by atoms with van der Waals surface area (Å²) in [6, 6.07) is 7.42. The van der Waals surface area contributed by atoms with Crippen LogP contribution in [0.25, 0.3) is 6.08 Å². The number of carbonyl (C=O) groups excluding carboxylic acids is 3. The zero-order valence-corrected chi connectivity index (χ0v) is 22.3. The number of hydrogen-bond acceptors (Lipinski definition) is 5. The van der Waals surface area contributed by atoms with Gasteiger partial charge in [-0.1, -0.05) is 43.9 Å². The van der Waals surface area contributed by atoms with Crippen LogP contribution < -0.4 is 19.7 Å². The molecule has 2 aromatic carbocycles. The maximum atomic E-state index is 13.2. The Bertz CT molecular complexity index is 1160. The second-order valence-corrected chi connectivity index (χ2v) is 9.32. The molecule has 1 saturated heterocycles. The van der Waals surface area contributed by atoms with E-state index in [0.717, 1.165) is 36.1 Å². The van der Waals surface area contributed by atoms with Gasteiger partial charge in [-0.25, -0.2) is 9.69 Å². The Morgan fingerprint density at radius 1 is 1.06 bits per heavy atom. The number of imide groups is 2. The van der Waals surface area contributed by atoms with Gasteiger partial charge in [-0.15, -0.1) is 0 Å². The van der Waals surface area contributed by atoms with Crippen molar-refractivity contribution in [2.75, 3.05) is 18.1 Å². The van der Waals surface area contributed by atoms with E-state index in [1.807, 2.05) is 13.8 Å². The first kappa shape index (κ1) is 26.8. The van der Waals surface area contributed by atoms with E-state index in [1.165, 1.54) is 12.1 Å². The third-order valence-corrected chi connectivity index (χ3v) is 6.40. The molecular weight excluding hydrogens is 536 g/mol. The lowest BCUT2D eigenvalue weighted by atomic mass is 10.1. The average molecular weight is 564 g/mol. The van der Waals surface area contributed by atoms with Crippen molar-refractivity contribution in [3.8, 4) is 11.5 Å². The molecule has 1 fully saturated rings. The fraction of sp³-hybridized carbons (Fsp3) is 0.346. The summed E-state index contributed by atoms with van der Waals surface area (Å²) in [6.45, 7) is 6.79. The Labute approximate surface area is 218 Å². The van der Waals surface area contributed by atoms with Gasteiger partial charge in [0.15, 0.2) is 11.5 Å². The smallest absolute Gasteiger partial charge is 0.335 e. The number of urea groups is 1. The number of ether oxygens (including phenoxy) is 2. The Morgan fingerprint density at radius 3 is 2.51 bits per heavy atom. The maximum absolute atomic E-state index is 13.2. The fourth-order valence-corrected chi connectivity index (χ4v) is 4.31. The second-order valence-electron chi connectivity index (χ2n) is 8.06. The predicted octanol–water partition coefficient (Wildman–Crippen LogP) is 6.44. The molecule has 1 aliphatic rings. The topological polar surface area (TPSA) is 84.9 Å². The molecule has 3 rings (SSSR count). The number of benzene rings is 2. The molecule has 0 radical (unpaired) electrons. The molecule has 0 unspecified atom stereocenters. The molecule has 9 heteroatoms. The Morgan fingerprint density at radius 2 is 1.83 bits per heavy atom. The van der Waals surface area contributed by atoms with Crippen LogP contribution in [0.5, 0.6) is 11.5 Å². The molecule has 2 aromatic rings. The molecule has 0 spiro atoms. The van der Waals surface area contributed by atoms with Crippen molar-refractivity contribution in [1.82, 2.24) is 5.32 Å². The van der Waals surface area contributed by atoms with Gasteiger partial charge in [-0.2, -0.15) is 0 Å². The number of amides is 4. The van der Waals surface area contributed by atoms with Gasteiger partial charge in [0.05, 0.1) is 23.4 Å². The normalized spacial score (nSPS) is 14.9. The van der Waals surface area contributed by atoms with Crippen LogP contribution in [0.4, 0.5) is 10.5 Å². The van der Waals surface area contributed by atoms with Gasteiger partial charge in [-0.3, -0.25) is 14.9 Å². The zero-order valence-electron chi connectivity index (χ0n) is 20.0. The number of nitrogens with one attached hydrogen (secondary N) is 1. The number of carbonyl (C=O) groups is 3. The number of hydrogen-bond donors (Lipinski definition) is 1. The van der Waals surface area contributed by atoms with Gasteiger partial charge in [0.2, 0.25) is 0 Å². The third-order valence-electron chi connectivity index (χ3n) is 5.40. The zero-order chi connectivity index (χ0) is 25.5. The average Bonchev–Trinajstić information content (AvgIpc) is 2.80. The van der Waals surface area contributed by atoms with Crippen molar-refractivity contribution in [2.45, 2.75) is 46.5 Å². The molecule has 7 nitrogen and oxygen atoms in total. The van der Waals surface area contributed by atoms with Gasteiger partial charge >= 0.3 is 6.03 Å². The number of barbiturate groups is 1. The van der Waals surface area contributed by atoms with Crippen LogP contribution in [0.2, 0.25) is 5.02 Å². The molecule has 1 heterocycles. The van der Waals surface area contributed by atoms with E-state index in [1.54, 1.807) is 24.3 Å². The number of unbranched alkanes of at least 4 members (excludes halogenated alkanes) is 3. The Balaban J connectivity index is 1.92. The summed E-state index contributed by atoms with van der Waals surface area (Å²) in [7, 11) is 0. The minimum absolute atomic E-state index is 0.191. The van der Waals surface area contributed by atoms with Gasteiger partial charge in [0, 0.05) is 5.02 Å². The highest BCUT2D eigenvalue weighted by Gasteiger charge is 2.37. The standard InChI is InChI=1S/C26H28BrClN2O5/c1-4-6-7-8-11-35-23-20(27)13-17(14-22(23)34-5-2)12-19-24(31)29-26(33)30(25(19)32)18-10-9-16(3)21(28)15-18/h9-10,12-15H,4-8,11H2,1-3H3,(H,29,31,33)/b19-12+. The Kier molecular flexibility index (Phi) is 9.34. The largest absolute Gasteiger partial charge is 0.490 e. The van der Waals surface area contributed by atoms with Crippen LogP contribution in [0, 0.1) is 6.92 Å². The lowest BCUT2D eigenvalue weighted by Crippen LogP contribution is -2.54. The van der Waals surface area contributed by atoms with Crippen molar-refractivity contribution in [1.29, 1.82) is 0 Å². The minimum atomic E-state index is -0.833. The number of rotatable bonds is 10. The molecule has 0 aliphatic carbocycles. The van der Waals surface area contributed by atoms with E-state index in [4.69, 9.17) is 21.1 Å². The molecular formula is C26H28BrClN2O5. The first-order chi connectivity index (χ1) is 16.8. The summed E-state index contributed by atoms with van der Waals surface area (Å²) >= 11 is 9.70. The van der Waals surface area contributed by atoms with Crippen molar-refractivity contribution in [2.24, 2.45) is 0 Å². The summed E-state index contributed by atoms with van der Waals surface area (Å²) in [5, 5.41) is 2.63. The van der Waals surface area contributed by atoms with Crippen molar-refractivity contribution < 1.29 is 23.9 Å². The highest BCUT2D eigenvalue weighted by molar-refractivity contribution is 9.10. The summed E-state index contributed by atoms with van der Waals surface area (Å²) in [4.78, 5) is 39.1. The molecule has 1 N–H and O–H groups in total. The highest BCUT2D eigenvalue weighted by atomic mass is 79.9. The first-order valence-electron chi connectivity index (χ1n) is 11.5. The molecule has 4 amide bonds. The lowest BCUT2D eigenvalue weighted by Gasteiger charge is -2.26. The molecule has 35 heavy (non-hydrogen) atoms. The van der Waals surface area contributed by atoms with Crippen LogP contribution in [-0.2, 0) is 9.59 Å². The molecule has 0 bridgehead atoms. The second kappa shape index (κ2) is 12.2. The summed E-state index contributed by atoms with van der Waals surface area (Å²) in [5.41, 5.74) is 1.41. The molecule has 0 aromatic heterocycles. The van der Waals surface area contributed by atoms with Gasteiger partial charge < -0.3 is 9.47 Å². The van der Waals surface area contributed by atoms with Crippen molar-refractivity contribution in [3.05, 3.63) is 56.5 Å². The molecule has 0 saturated carbocycles. The van der Waals surface area contributed by atoms with E-state index in [2.05, 4.69) is 28.2 Å². The van der Waals surface area contributed by atoms with Gasteiger partial charge in [0.1, 0.15) is 5.57 Å². The number of anilines is 1. The van der Waals surface area contributed by atoms with E-state index in [0.29, 0.717) is 39.8 Å². The van der Waals surface area contributed by atoms with Crippen LogP contribution in [0.15, 0.2) is 40.4 Å². The summed E-state index contributed by atoms with van der Waals surface area (Å²) in [5.74, 6) is -0.467. The van der Waals surface area contributed by atoms with Crippen molar-refractivity contribution in [3.63, 3.8) is 0 Å². The number of aryl methyl sites for hydroxylation is 1. The molecule has 1 aliphatic heterocycles. The summed E-state index contributed by atoms with van der Waals surface area (Å²) in [6.07, 6.45) is 5.73. The SMILES string of the molecule is CCCCCCOc1c(Br)cc(/C=C2\C(=O)NC(=O)N(c3ccc(C)c(Cl)c3)C2=O)cc1OCC. The van der Waals surface area contributed by atoms with E-state index in [9.17, 15) is 14.4 Å². The van der Waals surface area contributed by atoms with Crippen LogP contribution in [0.3, 0.4) is 0 Å². The van der Waals surface area contributed by atoms with Crippen LogP contribution >= 0.6 is 27.5 Å². The first-order valence-corrected chi connectivity index (χ1v) is 12.7. The van der Waals surface area contributed by atoms with Crippen LogP contribution in [-0.4, -0.2) is 31.1 Å². The minimum Gasteiger partial charge on any atom is -0.490 e. The fourth-order valence-electron chi connectivity index (χ4n) is 3.56. The van der Waals surface area contributed by atoms with E-state index in [-0.39, 0.29) is 11.3 Å². The molecule has 0 atom stereocenters. The number of halogens is 2. The molecule has 186 valence electrons. The van der Waals surface area contributed by atoms with Gasteiger partial charge in [0.25, 0.3) is 11.8 Å². The third kappa shape index (κ3) is 6.44. The monoisotopic (exact) mass is 562 g/mol. The van der Waals surface area contributed by atoms with Crippen LogP contribution in [0.1, 0.15) is 50.7 Å².